The van der Waals surface area contributed by atoms with Gasteiger partial charge in [-0.1, -0.05) is 18.2 Å². The van der Waals surface area contributed by atoms with Crippen LogP contribution in [0.5, 0.6) is 0 Å². The summed E-state index contributed by atoms with van der Waals surface area (Å²) in [6, 6.07) is 11.9. The molecule has 154 valence electrons. The van der Waals surface area contributed by atoms with Crippen LogP contribution in [0.15, 0.2) is 61.7 Å². The minimum Gasteiger partial charge on any atom is -0.441 e. The zero-order valence-corrected chi connectivity index (χ0v) is 17.6. The van der Waals surface area contributed by atoms with E-state index in [2.05, 4.69) is 15.3 Å². The Labute approximate surface area is 177 Å². The maximum atomic E-state index is 12.2. The second kappa shape index (κ2) is 8.05. The molecular weight excluding hydrogens is 424 g/mol. The number of amides is 1. The van der Waals surface area contributed by atoms with Crippen molar-refractivity contribution >= 4 is 50.0 Å². The summed E-state index contributed by atoms with van der Waals surface area (Å²) in [5.41, 5.74) is 3.21. The van der Waals surface area contributed by atoms with Gasteiger partial charge in [-0.3, -0.25) is 9.79 Å². The lowest BCUT2D eigenvalue weighted by Crippen LogP contribution is -2.20. The van der Waals surface area contributed by atoms with Crippen LogP contribution in [-0.4, -0.2) is 31.0 Å². The van der Waals surface area contributed by atoms with Crippen molar-refractivity contribution in [2.45, 2.75) is 18.2 Å². The number of rotatable bonds is 5. The molecule has 2 heterocycles. The number of primary sulfonamides is 1. The number of fused-ring (bicyclic) bond motifs is 1. The van der Waals surface area contributed by atoms with Crippen molar-refractivity contribution in [3.63, 3.8) is 0 Å². The molecule has 4 rings (SSSR count). The van der Waals surface area contributed by atoms with Crippen LogP contribution >= 0.6 is 11.8 Å². The molecule has 0 unspecified atom stereocenters. The molecular formula is C20H18N4O4S2. The molecule has 0 bridgehead atoms. The monoisotopic (exact) mass is 442 g/mol. The molecule has 1 aromatic heterocycles. The summed E-state index contributed by atoms with van der Waals surface area (Å²) in [6.07, 6.45) is 2.39. The summed E-state index contributed by atoms with van der Waals surface area (Å²) in [6.45, 7) is 2.24. The van der Waals surface area contributed by atoms with Crippen LogP contribution in [0.2, 0.25) is 0 Å². The van der Waals surface area contributed by atoms with E-state index in [1.54, 1.807) is 25.1 Å². The maximum absolute atomic E-state index is 12.2. The predicted molar refractivity (Wildman–Crippen MR) is 116 cm³/mol. The van der Waals surface area contributed by atoms with Crippen LogP contribution in [0.4, 0.5) is 0 Å². The Bertz CT molecular complexity index is 1290. The van der Waals surface area contributed by atoms with Crippen LogP contribution < -0.4 is 10.5 Å². The Morgan fingerprint density at radius 2 is 2.00 bits per heavy atom. The Kier molecular flexibility index (Phi) is 5.46. The van der Waals surface area contributed by atoms with Gasteiger partial charge < -0.3 is 9.73 Å². The Balaban J connectivity index is 1.41. The van der Waals surface area contributed by atoms with Gasteiger partial charge in [-0.05, 0) is 59.7 Å². The first-order chi connectivity index (χ1) is 14.3. The van der Waals surface area contributed by atoms with Crippen molar-refractivity contribution in [2.24, 2.45) is 10.1 Å². The molecule has 1 aliphatic heterocycles. The topological polar surface area (TPSA) is 128 Å². The van der Waals surface area contributed by atoms with E-state index in [0.29, 0.717) is 34.5 Å². The minimum atomic E-state index is -3.70. The third-order valence-electron chi connectivity index (χ3n) is 4.38. The van der Waals surface area contributed by atoms with Crippen LogP contribution in [0, 0.1) is 6.92 Å². The number of hydrogen-bond acceptors (Lipinski definition) is 7. The zero-order valence-electron chi connectivity index (χ0n) is 16.0. The average Bonchev–Trinajstić information content (AvgIpc) is 3.22. The maximum Gasteiger partial charge on any atom is 0.264 e. The number of nitrogens with two attached hydrogens (primary N) is 1. The Hall–Kier alpha value is -2.95. The molecule has 30 heavy (non-hydrogen) atoms. The van der Waals surface area contributed by atoms with Gasteiger partial charge in [0.25, 0.3) is 5.91 Å². The second-order valence-electron chi connectivity index (χ2n) is 6.65. The molecule has 2 aromatic carbocycles. The van der Waals surface area contributed by atoms with Gasteiger partial charge in [0, 0.05) is 13.5 Å². The molecule has 8 nitrogen and oxygen atoms in total. The Morgan fingerprint density at radius 1 is 1.23 bits per heavy atom. The summed E-state index contributed by atoms with van der Waals surface area (Å²) in [5, 5.41) is 8.38. The summed E-state index contributed by atoms with van der Waals surface area (Å²) < 4.78 is 28.1. The van der Waals surface area contributed by atoms with E-state index in [0.717, 1.165) is 16.6 Å². The van der Waals surface area contributed by atoms with E-state index in [1.165, 1.54) is 23.9 Å². The number of nitrogens with zero attached hydrogens (tertiary/aromatic N) is 2. The average molecular weight is 443 g/mol. The molecule has 1 amide bonds. The molecule has 0 spiro atoms. The summed E-state index contributed by atoms with van der Waals surface area (Å²) in [5.74, 6) is 0.390. The number of carbonyl (C=O) groups is 1. The van der Waals surface area contributed by atoms with Gasteiger partial charge in [-0.25, -0.2) is 18.5 Å². The van der Waals surface area contributed by atoms with Crippen LogP contribution in [0.3, 0.4) is 0 Å². The quantitative estimate of drug-likeness (QED) is 0.585. The standard InChI is InChI=1S/C20H18N4O4S2/c1-12-23-16-7-4-14(10-17(16)28-12)11-18-19(25)24-20(29-18)22-9-8-13-2-5-15(6-3-13)30(21,26)27/h2-7,10-11H,8-9H2,1H3,(H2,21,26,27)(H,22,24,25). The number of sulfonamides is 1. The highest BCUT2D eigenvalue weighted by Crippen LogP contribution is 2.27. The number of aryl methyl sites for hydroxylation is 1. The third-order valence-corrected chi connectivity index (χ3v) is 6.25. The molecule has 0 aliphatic carbocycles. The van der Waals surface area contributed by atoms with Gasteiger partial charge in [0.15, 0.2) is 16.6 Å². The molecule has 0 saturated carbocycles. The number of nitrogens with one attached hydrogen (secondary N) is 1. The van der Waals surface area contributed by atoms with Gasteiger partial charge in [0.05, 0.1) is 9.80 Å². The third kappa shape index (κ3) is 4.61. The second-order valence-corrected chi connectivity index (χ2v) is 9.24. The van der Waals surface area contributed by atoms with Gasteiger partial charge in [0.2, 0.25) is 10.0 Å². The molecule has 1 saturated heterocycles. The van der Waals surface area contributed by atoms with E-state index in [4.69, 9.17) is 9.56 Å². The van der Waals surface area contributed by atoms with E-state index >= 15 is 0 Å². The number of oxazole rings is 1. The summed E-state index contributed by atoms with van der Waals surface area (Å²) >= 11 is 1.27. The van der Waals surface area contributed by atoms with Crippen LogP contribution in [0.25, 0.3) is 17.2 Å². The number of thioether (sulfide) groups is 1. The fourth-order valence-corrected chi connectivity index (χ4v) is 4.29. The van der Waals surface area contributed by atoms with Gasteiger partial charge >= 0.3 is 0 Å². The first-order valence-electron chi connectivity index (χ1n) is 9.02. The highest BCUT2D eigenvalue weighted by atomic mass is 32.2. The fourth-order valence-electron chi connectivity index (χ4n) is 2.93. The number of aromatic nitrogens is 1. The lowest BCUT2D eigenvalue weighted by atomic mass is 10.1. The number of amidine groups is 1. The zero-order chi connectivity index (χ0) is 21.3. The van der Waals surface area contributed by atoms with E-state index in [1.807, 2.05) is 18.2 Å². The van der Waals surface area contributed by atoms with Crippen LogP contribution in [0.1, 0.15) is 17.0 Å². The molecule has 10 heteroatoms. The molecule has 3 aromatic rings. The molecule has 0 radical (unpaired) electrons. The first-order valence-corrected chi connectivity index (χ1v) is 11.4. The van der Waals surface area contributed by atoms with Crippen molar-refractivity contribution in [1.29, 1.82) is 0 Å². The number of aliphatic imine (C=N–C) groups is 1. The highest BCUT2D eigenvalue weighted by Gasteiger charge is 2.23. The molecule has 1 aliphatic rings. The normalized spacial score (nSPS) is 17.2. The number of hydrogen-bond donors (Lipinski definition) is 2. The van der Waals surface area contributed by atoms with Crippen molar-refractivity contribution in [3.05, 3.63) is 64.4 Å². The highest BCUT2D eigenvalue weighted by molar-refractivity contribution is 8.18. The largest absolute Gasteiger partial charge is 0.441 e. The molecule has 3 N–H and O–H groups in total. The smallest absolute Gasteiger partial charge is 0.264 e. The van der Waals surface area contributed by atoms with Gasteiger partial charge in [-0.15, -0.1) is 0 Å². The first kappa shape index (κ1) is 20.3. The summed E-state index contributed by atoms with van der Waals surface area (Å²) in [4.78, 5) is 21.5. The van der Waals surface area contributed by atoms with E-state index < -0.39 is 10.0 Å². The molecule has 0 atom stereocenters. The van der Waals surface area contributed by atoms with E-state index in [9.17, 15) is 13.2 Å². The van der Waals surface area contributed by atoms with Crippen molar-refractivity contribution < 1.29 is 17.6 Å². The lowest BCUT2D eigenvalue weighted by molar-refractivity contribution is -0.115. The predicted octanol–water partition coefficient (Wildman–Crippen LogP) is 2.59. The van der Waals surface area contributed by atoms with Crippen molar-refractivity contribution in [1.82, 2.24) is 10.3 Å². The minimum absolute atomic E-state index is 0.0737. The number of carbonyl (C=O) groups excluding carboxylic acids is 1. The molecule has 1 fully saturated rings. The van der Waals surface area contributed by atoms with Crippen molar-refractivity contribution in [2.75, 3.05) is 6.54 Å². The van der Waals surface area contributed by atoms with Crippen LogP contribution in [-0.2, 0) is 21.2 Å². The number of benzene rings is 2. The fraction of sp³-hybridized carbons (Fsp3) is 0.150. The lowest BCUT2D eigenvalue weighted by Gasteiger charge is -2.01. The SMILES string of the molecule is Cc1nc2ccc(C=C3SC(=NCCc4ccc(S(N)(=O)=O)cc4)NC3=O)cc2o1. The van der Waals surface area contributed by atoms with Gasteiger partial charge in [0.1, 0.15) is 5.52 Å². The van der Waals surface area contributed by atoms with Crippen molar-refractivity contribution in [3.8, 4) is 0 Å². The van der Waals surface area contributed by atoms with Gasteiger partial charge in [-0.2, -0.15) is 0 Å². The van der Waals surface area contributed by atoms with E-state index in [-0.39, 0.29) is 10.8 Å². The Morgan fingerprint density at radius 3 is 2.73 bits per heavy atom. The summed E-state index contributed by atoms with van der Waals surface area (Å²) in [7, 11) is -3.70.